The maximum absolute atomic E-state index is 2.68. The van der Waals surface area contributed by atoms with E-state index in [1.807, 2.05) is 0 Å². The molecule has 67 heavy (non-hydrogen) atoms. The highest BCUT2D eigenvalue weighted by molar-refractivity contribution is 8.02. The summed E-state index contributed by atoms with van der Waals surface area (Å²) in [6.07, 6.45) is 0. The first-order valence-corrected chi connectivity index (χ1v) is 25.0. The summed E-state index contributed by atoms with van der Waals surface area (Å²) in [5.74, 6) is 0. The van der Waals surface area contributed by atoms with E-state index in [9.17, 15) is 0 Å². The Morgan fingerprint density at radius 1 is 0.448 bits per heavy atom. The predicted octanol–water partition coefficient (Wildman–Crippen LogP) is 15.6. The van der Waals surface area contributed by atoms with Crippen molar-refractivity contribution in [2.75, 3.05) is 9.80 Å². The first-order chi connectivity index (χ1) is 32.1. The van der Waals surface area contributed by atoms with Gasteiger partial charge in [-0.05, 0) is 139 Å². The number of nitrogens with zero attached hydrogens (tertiary/aromatic N) is 3. The number of thioether (sulfide) groups is 1. The van der Waals surface area contributed by atoms with Gasteiger partial charge in [0.15, 0.2) is 0 Å². The van der Waals surface area contributed by atoms with Crippen LogP contribution >= 0.6 is 11.8 Å². The Kier molecular flexibility index (Phi) is 9.42. The molecule has 0 saturated heterocycles. The van der Waals surface area contributed by atoms with Crippen molar-refractivity contribution in [2.45, 2.75) is 94.6 Å². The van der Waals surface area contributed by atoms with E-state index >= 15 is 0 Å². The molecule has 0 spiro atoms. The summed E-state index contributed by atoms with van der Waals surface area (Å²) in [5, 5.41) is 2.85. The van der Waals surface area contributed by atoms with E-state index < -0.39 is 0 Å². The number of anilines is 5. The van der Waals surface area contributed by atoms with Gasteiger partial charge in [0.25, 0.3) is 0 Å². The third-order valence-corrected chi connectivity index (χ3v) is 16.3. The Labute approximate surface area is 401 Å². The van der Waals surface area contributed by atoms with Crippen LogP contribution in [0.15, 0.2) is 181 Å². The fourth-order valence-electron chi connectivity index (χ4n) is 11.3. The zero-order valence-electron chi connectivity index (χ0n) is 40.2. The molecule has 3 aliphatic heterocycles. The Hall–Kier alpha value is -6.43. The smallest absolute Gasteiger partial charge is 0.233 e. The lowest BCUT2D eigenvalue weighted by Crippen LogP contribution is -2.62. The van der Waals surface area contributed by atoms with E-state index in [1.165, 1.54) is 99.4 Å². The fourth-order valence-corrected chi connectivity index (χ4v) is 12.9. The highest BCUT2D eigenvalue weighted by atomic mass is 32.2. The minimum absolute atomic E-state index is 0.0328. The minimum Gasteiger partial charge on any atom is -0.334 e. The van der Waals surface area contributed by atoms with E-state index in [0.717, 1.165) is 5.69 Å². The number of fused-ring (bicyclic) bond motifs is 9. The highest BCUT2D eigenvalue weighted by Crippen LogP contribution is 2.56. The largest absolute Gasteiger partial charge is 0.334 e. The Balaban J connectivity index is 1.07. The maximum atomic E-state index is 2.68. The van der Waals surface area contributed by atoms with Crippen LogP contribution in [0.1, 0.15) is 90.6 Å². The summed E-state index contributed by atoms with van der Waals surface area (Å²) in [5.41, 5.74) is 20.7. The van der Waals surface area contributed by atoms with E-state index in [4.69, 9.17) is 0 Å². The average molecular weight is 888 g/mol. The monoisotopic (exact) mass is 887 g/mol. The predicted molar refractivity (Wildman–Crippen MR) is 289 cm³/mol. The summed E-state index contributed by atoms with van der Waals surface area (Å²) < 4.78 is 2.52. The Bertz CT molecular complexity index is 3350. The summed E-state index contributed by atoms with van der Waals surface area (Å²) in [6, 6.07) is 67.6. The van der Waals surface area contributed by atoms with E-state index in [2.05, 4.69) is 264 Å². The highest BCUT2D eigenvalue weighted by Gasteiger charge is 2.53. The maximum Gasteiger partial charge on any atom is 0.233 e. The molecule has 9 aromatic rings. The second-order valence-electron chi connectivity index (χ2n) is 22.2. The number of aromatic nitrogens is 1. The lowest BCUT2D eigenvalue weighted by atomic mass is 9.33. The van der Waals surface area contributed by atoms with Crippen molar-refractivity contribution in [3.05, 3.63) is 198 Å². The zero-order chi connectivity index (χ0) is 46.1. The van der Waals surface area contributed by atoms with E-state index in [1.54, 1.807) is 0 Å². The van der Waals surface area contributed by atoms with Crippen molar-refractivity contribution < 1.29 is 0 Å². The molecule has 0 amide bonds. The van der Waals surface area contributed by atoms with Gasteiger partial charge in [0.2, 0.25) is 6.71 Å². The van der Waals surface area contributed by atoms with Crippen molar-refractivity contribution in [3.63, 3.8) is 0 Å². The first-order valence-electron chi connectivity index (χ1n) is 24.1. The molecule has 330 valence electrons. The summed E-state index contributed by atoms with van der Waals surface area (Å²) in [6.45, 7) is 20.9. The second kappa shape index (κ2) is 15.0. The third-order valence-electron chi connectivity index (χ3n) is 14.9. The molecule has 12 rings (SSSR count). The summed E-state index contributed by atoms with van der Waals surface area (Å²) >= 11 is 2.07. The van der Waals surface area contributed by atoms with Crippen LogP contribution in [0.4, 0.5) is 28.4 Å². The van der Waals surface area contributed by atoms with Gasteiger partial charge in [-0.2, -0.15) is 0 Å². The third kappa shape index (κ3) is 6.71. The fraction of sp³-hybridized carbons (Fsp3) is 0.226. The molecule has 0 radical (unpaired) electrons. The Morgan fingerprint density at radius 2 is 1.04 bits per heavy atom. The van der Waals surface area contributed by atoms with Crippen molar-refractivity contribution in [1.82, 2.24) is 4.57 Å². The van der Waals surface area contributed by atoms with Gasteiger partial charge in [-0.3, -0.25) is 0 Å². The molecule has 0 fully saturated rings. The molecule has 4 heterocycles. The molecule has 2 unspecified atom stereocenters. The molecule has 0 aliphatic carbocycles. The van der Waals surface area contributed by atoms with Gasteiger partial charge in [-0.1, -0.05) is 159 Å². The minimum atomic E-state index is 0.0328. The zero-order valence-corrected chi connectivity index (χ0v) is 41.0. The number of hydrogen-bond donors (Lipinski definition) is 0. The van der Waals surface area contributed by atoms with Crippen molar-refractivity contribution in [1.29, 1.82) is 0 Å². The number of para-hydroxylation sites is 1. The quantitative estimate of drug-likeness (QED) is 0.163. The molecular formula is C62H58BN3S. The second-order valence-corrected chi connectivity index (χ2v) is 23.4. The van der Waals surface area contributed by atoms with Gasteiger partial charge in [0, 0.05) is 54.9 Å². The van der Waals surface area contributed by atoms with Gasteiger partial charge in [-0.25, -0.2) is 0 Å². The van der Waals surface area contributed by atoms with Crippen LogP contribution in [0.2, 0.25) is 0 Å². The number of benzene rings is 8. The molecule has 0 bridgehead atoms. The van der Waals surface area contributed by atoms with Crippen LogP contribution in [0, 0.1) is 0 Å². The van der Waals surface area contributed by atoms with Crippen LogP contribution < -0.4 is 20.7 Å². The van der Waals surface area contributed by atoms with Crippen LogP contribution in [-0.4, -0.2) is 16.4 Å². The van der Waals surface area contributed by atoms with Gasteiger partial charge in [-0.15, -0.1) is 11.8 Å². The number of rotatable bonds is 4. The molecular weight excluding hydrogens is 830 g/mol. The van der Waals surface area contributed by atoms with Gasteiger partial charge < -0.3 is 14.4 Å². The molecule has 3 nitrogen and oxygen atoms in total. The van der Waals surface area contributed by atoms with Gasteiger partial charge >= 0.3 is 0 Å². The lowest BCUT2D eigenvalue weighted by Gasteiger charge is -2.48. The van der Waals surface area contributed by atoms with Crippen molar-refractivity contribution in [3.8, 4) is 16.8 Å². The summed E-state index contributed by atoms with van der Waals surface area (Å²) in [4.78, 5) is 6.61. The SMILES string of the molecule is CC(C)(C)c1ccc(-c2cccc(N3c4cccc5c4B(c4ccc(-n6c7ccc(C(C)(C)C)cc7c7cc(C(C)(C)C)ccc76)cc4N5c4ccccc4)C4Sc5ccccc5C43)c2)cc1. The lowest BCUT2D eigenvalue weighted by molar-refractivity contribution is 0.590. The van der Waals surface area contributed by atoms with Crippen molar-refractivity contribution in [2.24, 2.45) is 0 Å². The van der Waals surface area contributed by atoms with Gasteiger partial charge in [0.05, 0.1) is 17.1 Å². The topological polar surface area (TPSA) is 11.4 Å². The normalized spacial score (nSPS) is 16.6. The van der Waals surface area contributed by atoms with Gasteiger partial charge in [0.1, 0.15) is 0 Å². The van der Waals surface area contributed by atoms with Crippen LogP contribution in [0.3, 0.4) is 0 Å². The van der Waals surface area contributed by atoms with E-state index in [-0.39, 0.29) is 34.1 Å². The molecule has 3 aliphatic rings. The van der Waals surface area contributed by atoms with Crippen molar-refractivity contribution >= 4 is 79.6 Å². The average Bonchev–Trinajstić information content (AvgIpc) is 3.86. The molecule has 0 N–H and O–H groups in total. The van der Waals surface area contributed by atoms with Crippen LogP contribution in [0.25, 0.3) is 38.6 Å². The molecule has 5 heteroatoms. The molecule has 1 aromatic heterocycles. The molecule has 2 atom stereocenters. The molecule has 8 aromatic carbocycles. The Morgan fingerprint density at radius 3 is 1.72 bits per heavy atom. The first kappa shape index (κ1) is 42.0. The molecule has 0 saturated carbocycles. The van der Waals surface area contributed by atoms with Crippen LogP contribution in [-0.2, 0) is 16.2 Å². The van der Waals surface area contributed by atoms with Crippen LogP contribution in [0.5, 0.6) is 0 Å². The van der Waals surface area contributed by atoms with E-state index in [0.29, 0.717) is 0 Å². The standard InChI is InChI=1S/C62H58BN3S/c1-60(2,3)41-27-25-39(26-28-41)40-17-15-20-45(35-40)66-54-23-16-22-53-57(54)63(59-58(66)47-21-13-14-24-56(47)67-59)50-32-31-46(38-55(50)64(53)44-18-11-10-12-19-44)65-51-33-29-42(61(4,5)6)36-48(51)49-37-43(62(7,8)9)30-34-52(49)65/h10-38,58-59H,1-9H3. The number of hydrogen-bond acceptors (Lipinski definition) is 3. The summed E-state index contributed by atoms with van der Waals surface area (Å²) in [7, 11) is 0.